The summed E-state index contributed by atoms with van der Waals surface area (Å²) in [6.07, 6.45) is 0. The maximum absolute atomic E-state index is 7.25. The number of aromatic nitrogens is 10. The molecule has 31 rings (SSSR count). The van der Waals surface area contributed by atoms with Gasteiger partial charge in [0.1, 0.15) is 22.3 Å². The van der Waals surface area contributed by atoms with Gasteiger partial charge in [0.2, 0.25) is 0 Å². The van der Waals surface area contributed by atoms with Gasteiger partial charge in [-0.2, -0.15) is 0 Å². The van der Waals surface area contributed by atoms with Crippen LogP contribution in [0.3, 0.4) is 0 Å². The molecule has 0 aliphatic rings. The standard InChI is InChI=1S/C132H76N10O2/c1-3-25-77(26-4-1)78-49-51-83(52-50-78)127-133-128(136-131(134-127)105-65-69-118-122(103-41-19-22-48-117(103)143-118)124(105)141-111-67-58-79-27-11-14-36-93(79)120(111)107-71-84-30-7-9-32-86(84)73-115(107)141)88-56-62-101-99-40-18-21-47-110(99)140(114(101)75-88)91-60-53-82(54-61-91)92-42-23-44-97-96(92)43-24-45-102(97)130-135-129(89-57-63-100-98-39-17-20-46-109(98)139(113(100)76-89)90-34-5-2-6-35-90)137-132(138-130)106-66-70-119-123(104-64-55-81-29-13-16-38-95(81)126(104)144-119)125(106)142-112-68-59-80-28-12-15-37-94(80)121(112)108-72-85-31-8-10-33-87(85)74-116(108)142/h1-76H. The minimum absolute atomic E-state index is 0.502. The molecule has 8 aromatic heterocycles. The minimum atomic E-state index is 0.502. The fourth-order valence-corrected chi connectivity index (χ4v) is 23.5. The van der Waals surface area contributed by atoms with Gasteiger partial charge in [-0.25, -0.2) is 29.9 Å². The maximum atomic E-state index is 7.25. The monoisotopic (exact) mass is 1830 g/mol. The van der Waals surface area contributed by atoms with Gasteiger partial charge >= 0.3 is 0 Å². The summed E-state index contributed by atoms with van der Waals surface area (Å²) in [4.78, 5) is 34.5. The molecule has 0 spiro atoms. The molecule has 0 saturated carbocycles. The third-order valence-electron chi connectivity index (χ3n) is 30.0. The topological polar surface area (TPSA) is 123 Å². The Morgan fingerprint density at radius 3 is 1.09 bits per heavy atom. The zero-order valence-corrected chi connectivity index (χ0v) is 77.2. The molecule has 666 valence electrons. The van der Waals surface area contributed by atoms with Crippen molar-refractivity contribution < 1.29 is 8.83 Å². The lowest BCUT2D eigenvalue weighted by Crippen LogP contribution is -2.04. The molecule has 0 radical (unpaired) electrons. The molecule has 23 aromatic carbocycles. The number of hydrogen-bond donors (Lipinski definition) is 0. The molecular weight excluding hydrogens is 1760 g/mol. The summed E-state index contributed by atoms with van der Waals surface area (Å²) in [5, 5.41) is 26.3. The Morgan fingerprint density at radius 1 is 0.153 bits per heavy atom. The molecule has 0 atom stereocenters. The van der Waals surface area contributed by atoms with Crippen molar-refractivity contribution >= 4 is 196 Å². The number of hydrogen-bond acceptors (Lipinski definition) is 8. The van der Waals surface area contributed by atoms with Crippen molar-refractivity contribution in [2.45, 2.75) is 0 Å². The van der Waals surface area contributed by atoms with Crippen LogP contribution in [0.1, 0.15) is 0 Å². The summed E-state index contributed by atoms with van der Waals surface area (Å²) in [6.45, 7) is 0. The van der Waals surface area contributed by atoms with Crippen LogP contribution in [0.25, 0.3) is 309 Å². The second kappa shape index (κ2) is 31.0. The SMILES string of the molecule is c1ccc(-c2ccc(-c3nc(-c4ccc5c6ccccc6n(-c6ccc(-c7cccc8c(-c9nc(-c%10ccc%11c%12ccccc%12n(-c%12ccccc%12)c%11c%10)nc(-c%10ccc%11oc%12c%13ccccc%13ccc%12c%11c%10-n%10c%11cc%12ccccc%12cc%11c%11c%12ccccc%12ccc%11%10)n9)cccc78)cc6)c5c4)nc(-c4ccc5oc6ccccc6c5c4-n4c5cc6ccccc6cc5c5c6ccccc6ccc54)n3)cc2)cc1. The second-order valence-electron chi connectivity index (χ2n) is 37.8. The second-order valence-corrected chi connectivity index (χ2v) is 37.8. The number of rotatable bonds is 12. The summed E-state index contributed by atoms with van der Waals surface area (Å²) in [5.41, 5.74) is 24.6. The number of nitrogens with zero attached hydrogens (tertiary/aromatic N) is 10. The largest absolute Gasteiger partial charge is 0.456 e. The van der Waals surface area contributed by atoms with Crippen LogP contribution in [-0.4, -0.2) is 48.2 Å². The molecule has 0 unspecified atom stereocenters. The molecular formula is C132H76N10O2. The highest BCUT2D eigenvalue weighted by molar-refractivity contribution is 6.28. The molecule has 144 heavy (non-hydrogen) atoms. The normalized spacial score (nSPS) is 12.2. The Hall–Kier alpha value is -19.6. The summed E-state index contributed by atoms with van der Waals surface area (Å²) in [6, 6.07) is 166. The number of furan rings is 2. The highest BCUT2D eigenvalue weighted by atomic mass is 16.3. The van der Waals surface area contributed by atoms with Crippen molar-refractivity contribution in [3.05, 3.63) is 461 Å². The van der Waals surface area contributed by atoms with Crippen LogP contribution < -0.4 is 0 Å². The molecule has 0 aliphatic heterocycles. The van der Waals surface area contributed by atoms with E-state index in [2.05, 4.69) is 473 Å². The number of para-hydroxylation sites is 4. The van der Waals surface area contributed by atoms with E-state index in [1.165, 1.54) is 5.39 Å². The number of benzene rings is 23. The van der Waals surface area contributed by atoms with E-state index in [1.807, 2.05) is 6.07 Å². The van der Waals surface area contributed by atoms with E-state index in [4.69, 9.17) is 38.7 Å². The number of fused-ring (bicyclic) bond motifs is 27. The van der Waals surface area contributed by atoms with Gasteiger partial charge < -0.3 is 27.1 Å². The summed E-state index contributed by atoms with van der Waals surface area (Å²) in [7, 11) is 0. The fourth-order valence-electron chi connectivity index (χ4n) is 23.5. The Labute approximate surface area is 821 Å². The third-order valence-corrected chi connectivity index (χ3v) is 30.0. The average molecular weight is 1830 g/mol. The highest BCUT2D eigenvalue weighted by Gasteiger charge is 2.31. The van der Waals surface area contributed by atoms with Gasteiger partial charge in [0.05, 0.1) is 66.3 Å². The van der Waals surface area contributed by atoms with Crippen molar-refractivity contribution in [2.24, 2.45) is 0 Å². The minimum Gasteiger partial charge on any atom is -0.456 e. The van der Waals surface area contributed by atoms with E-state index in [-0.39, 0.29) is 0 Å². The Balaban J connectivity index is 0.585. The molecule has 0 N–H and O–H groups in total. The van der Waals surface area contributed by atoms with Crippen LogP contribution in [0.15, 0.2) is 470 Å². The van der Waals surface area contributed by atoms with Crippen molar-refractivity contribution in [2.75, 3.05) is 0 Å². The van der Waals surface area contributed by atoms with Crippen LogP contribution in [-0.2, 0) is 0 Å². The molecule has 0 bridgehead atoms. The van der Waals surface area contributed by atoms with Crippen LogP contribution in [0.2, 0.25) is 0 Å². The van der Waals surface area contributed by atoms with E-state index in [0.29, 0.717) is 34.9 Å². The average Bonchev–Trinajstić information content (AvgIpc) is 1.54. The quantitative estimate of drug-likeness (QED) is 0.118. The first-order chi connectivity index (χ1) is 71.4. The van der Waals surface area contributed by atoms with Gasteiger partial charge in [-0.15, -0.1) is 0 Å². The molecule has 12 heteroatoms. The van der Waals surface area contributed by atoms with Crippen LogP contribution in [0.4, 0.5) is 0 Å². The van der Waals surface area contributed by atoms with Gasteiger partial charge in [0.15, 0.2) is 34.9 Å². The molecule has 0 amide bonds. The van der Waals surface area contributed by atoms with Crippen LogP contribution >= 0.6 is 0 Å². The van der Waals surface area contributed by atoms with Crippen molar-refractivity contribution in [3.8, 4) is 113 Å². The Bertz CT molecular complexity index is 11000. The maximum Gasteiger partial charge on any atom is 0.166 e. The first kappa shape index (κ1) is 79.5. The first-order valence-electron chi connectivity index (χ1n) is 48.8. The highest BCUT2D eigenvalue weighted by Crippen LogP contribution is 2.52. The van der Waals surface area contributed by atoms with E-state index in [1.54, 1.807) is 0 Å². The van der Waals surface area contributed by atoms with E-state index < -0.39 is 0 Å². The van der Waals surface area contributed by atoms with Gasteiger partial charge in [-0.05, 0) is 203 Å². The first-order valence-corrected chi connectivity index (χ1v) is 48.8. The molecule has 0 aliphatic carbocycles. The Morgan fingerprint density at radius 2 is 0.521 bits per heavy atom. The molecule has 0 fully saturated rings. The predicted molar refractivity (Wildman–Crippen MR) is 594 cm³/mol. The van der Waals surface area contributed by atoms with E-state index in [9.17, 15) is 0 Å². The van der Waals surface area contributed by atoms with Gasteiger partial charge in [0.25, 0.3) is 0 Å². The summed E-state index contributed by atoms with van der Waals surface area (Å²) < 4.78 is 23.8. The molecule has 12 nitrogen and oxygen atoms in total. The summed E-state index contributed by atoms with van der Waals surface area (Å²) in [5.74, 6) is 3.12. The van der Waals surface area contributed by atoms with E-state index in [0.717, 1.165) is 269 Å². The van der Waals surface area contributed by atoms with Crippen molar-refractivity contribution in [3.63, 3.8) is 0 Å². The van der Waals surface area contributed by atoms with Crippen molar-refractivity contribution in [1.82, 2.24) is 48.2 Å². The van der Waals surface area contributed by atoms with Crippen molar-refractivity contribution in [1.29, 1.82) is 0 Å². The van der Waals surface area contributed by atoms with Gasteiger partial charge in [-0.3, -0.25) is 0 Å². The third kappa shape index (κ3) is 12.0. The zero-order chi connectivity index (χ0) is 94.0. The van der Waals surface area contributed by atoms with Gasteiger partial charge in [-0.1, -0.05) is 340 Å². The lowest BCUT2D eigenvalue weighted by atomic mass is 9.95. The van der Waals surface area contributed by atoms with Gasteiger partial charge in [0, 0.05) is 104 Å². The molecule has 8 heterocycles. The predicted octanol–water partition coefficient (Wildman–Crippen LogP) is 34.5. The lowest BCUT2D eigenvalue weighted by Gasteiger charge is -2.17. The fraction of sp³-hybridized carbons (Fsp3) is 0. The molecule has 0 saturated heterocycles. The molecule has 31 aromatic rings. The van der Waals surface area contributed by atoms with Crippen LogP contribution in [0, 0.1) is 0 Å². The lowest BCUT2D eigenvalue weighted by molar-refractivity contribution is 0.669. The zero-order valence-electron chi connectivity index (χ0n) is 77.2. The smallest absolute Gasteiger partial charge is 0.166 e. The summed E-state index contributed by atoms with van der Waals surface area (Å²) >= 11 is 0. The Kier molecular flexibility index (Phi) is 17.1. The van der Waals surface area contributed by atoms with E-state index >= 15 is 0 Å². The van der Waals surface area contributed by atoms with Crippen LogP contribution in [0.5, 0.6) is 0 Å².